The van der Waals surface area contributed by atoms with Gasteiger partial charge < -0.3 is 9.47 Å². The fourth-order valence-corrected chi connectivity index (χ4v) is 2.51. The topological polar surface area (TPSA) is 78.7 Å². The molecule has 0 unspecified atom stereocenters. The van der Waals surface area contributed by atoms with Crippen LogP contribution in [0.3, 0.4) is 0 Å². The lowest BCUT2D eigenvalue weighted by molar-refractivity contribution is -0.481. The monoisotopic (exact) mass is 311 g/mol. The SMILES string of the molecule is CCOC1=C([C@H](C[N+](=O)[O-])c2ccccc2Cl)C(=O)CO1. The summed E-state index contributed by atoms with van der Waals surface area (Å²) >= 11 is 6.12. The minimum absolute atomic E-state index is 0.0641. The third-order valence-corrected chi connectivity index (χ3v) is 3.44. The van der Waals surface area contributed by atoms with Gasteiger partial charge in [0.1, 0.15) is 0 Å². The molecular weight excluding hydrogens is 298 g/mol. The van der Waals surface area contributed by atoms with Crippen LogP contribution in [0.5, 0.6) is 0 Å². The standard InChI is InChI=1S/C14H14ClNO5/c1-2-20-14-13(12(17)8-21-14)10(7-16(18)19)9-5-3-4-6-11(9)15/h3-6,10H,2,7-8H2,1H3/t10-/m1/s1. The van der Waals surface area contributed by atoms with Crippen molar-refractivity contribution in [1.29, 1.82) is 0 Å². The Balaban J connectivity index is 2.49. The molecule has 0 N–H and O–H groups in total. The maximum Gasteiger partial charge on any atom is 0.287 e. The van der Waals surface area contributed by atoms with Gasteiger partial charge in [0.25, 0.3) is 5.95 Å². The van der Waals surface area contributed by atoms with Crippen molar-refractivity contribution in [2.24, 2.45) is 0 Å². The van der Waals surface area contributed by atoms with Gasteiger partial charge in [0, 0.05) is 9.95 Å². The first-order chi connectivity index (χ1) is 10.0. The first-order valence-electron chi connectivity index (χ1n) is 6.43. The minimum atomic E-state index is -0.787. The van der Waals surface area contributed by atoms with Gasteiger partial charge in [-0.25, -0.2) is 0 Å². The number of carbonyl (C=O) groups is 1. The van der Waals surface area contributed by atoms with Crippen LogP contribution in [0.1, 0.15) is 18.4 Å². The van der Waals surface area contributed by atoms with Crippen LogP contribution >= 0.6 is 11.6 Å². The number of hydrogen-bond acceptors (Lipinski definition) is 5. The second-order valence-corrected chi connectivity index (χ2v) is 4.84. The lowest BCUT2D eigenvalue weighted by atomic mass is 9.89. The molecule has 1 aliphatic rings. The zero-order valence-corrected chi connectivity index (χ0v) is 12.1. The van der Waals surface area contributed by atoms with Crippen molar-refractivity contribution in [3.63, 3.8) is 0 Å². The number of benzene rings is 1. The molecule has 1 atom stereocenters. The summed E-state index contributed by atoms with van der Waals surface area (Å²) in [4.78, 5) is 22.5. The Kier molecular flexibility index (Phi) is 4.80. The van der Waals surface area contributed by atoms with Gasteiger partial charge in [-0.05, 0) is 18.6 Å². The fraction of sp³-hybridized carbons (Fsp3) is 0.357. The largest absolute Gasteiger partial charge is 0.465 e. The van der Waals surface area contributed by atoms with Gasteiger partial charge in [0.05, 0.1) is 18.1 Å². The molecule has 0 radical (unpaired) electrons. The zero-order valence-electron chi connectivity index (χ0n) is 11.4. The van der Waals surface area contributed by atoms with E-state index in [1.54, 1.807) is 31.2 Å². The predicted octanol–water partition coefficient (Wildman–Crippen LogP) is 2.55. The van der Waals surface area contributed by atoms with Gasteiger partial charge in [0.15, 0.2) is 6.61 Å². The molecule has 0 aliphatic carbocycles. The van der Waals surface area contributed by atoms with E-state index < -0.39 is 17.4 Å². The van der Waals surface area contributed by atoms with Crippen LogP contribution < -0.4 is 0 Å². The molecule has 0 aromatic heterocycles. The van der Waals surface area contributed by atoms with Crippen molar-refractivity contribution in [1.82, 2.24) is 0 Å². The normalized spacial score (nSPS) is 15.8. The number of ketones is 1. The smallest absolute Gasteiger partial charge is 0.287 e. The van der Waals surface area contributed by atoms with E-state index in [1.807, 2.05) is 0 Å². The summed E-state index contributed by atoms with van der Waals surface area (Å²) in [5.41, 5.74) is 0.698. The van der Waals surface area contributed by atoms with Crippen LogP contribution in [0, 0.1) is 10.1 Å². The number of carbonyl (C=O) groups excluding carboxylic acids is 1. The lowest BCUT2D eigenvalue weighted by Gasteiger charge is -2.15. The van der Waals surface area contributed by atoms with E-state index in [0.29, 0.717) is 17.2 Å². The van der Waals surface area contributed by atoms with Gasteiger partial charge in [0.2, 0.25) is 12.3 Å². The first-order valence-corrected chi connectivity index (χ1v) is 6.81. The number of Topliss-reactive ketones (excluding diaryl/α,β-unsaturated/α-hetero) is 1. The molecule has 7 heteroatoms. The number of ether oxygens (including phenoxy) is 2. The van der Waals surface area contributed by atoms with Gasteiger partial charge in [-0.1, -0.05) is 29.8 Å². The summed E-state index contributed by atoms with van der Waals surface area (Å²) in [5, 5.41) is 11.3. The Labute approximate surface area is 126 Å². The van der Waals surface area contributed by atoms with Gasteiger partial charge in [-0.15, -0.1) is 0 Å². The summed E-state index contributed by atoms with van der Waals surface area (Å²) in [5.74, 6) is -1.04. The van der Waals surface area contributed by atoms with E-state index in [0.717, 1.165) is 0 Å². The maximum absolute atomic E-state index is 12.0. The highest BCUT2D eigenvalue weighted by molar-refractivity contribution is 6.31. The van der Waals surface area contributed by atoms with Crippen molar-refractivity contribution in [2.75, 3.05) is 19.8 Å². The lowest BCUT2D eigenvalue weighted by Crippen LogP contribution is -2.20. The molecule has 0 fully saturated rings. The molecule has 21 heavy (non-hydrogen) atoms. The van der Waals surface area contributed by atoms with Crippen LogP contribution in [0.15, 0.2) is 35.8 Å². The molecule has 2 rings (SSSR count). The van der Waals surface area contributed by atoms with E-state index in [1.165, 1.54) is 0 Å². The highest BCUT2D eigenvalue weighted by Crippen LogP contribution is 2.35. The second-order valence-electron chi connectivity index (χ2n) is 4.44. The molecule has 112 valence electrons. The van der Waals surface area contributed by atoms with Crippen LogP contribution in [-0.2, 0) is 14.3 Å². The molecule has 0 saturated carbocycles. The Morgan fingerprint density at radius 1 is 1.48 bits per heavy atom. The first kappa shape index (κ1) is 15.3. The fourth-order valence-electron chi connectivity index (χ4n) is 2.24. The Bertz CT molecular complexity index is 599. The number of nitro groups is 1. The van der Waals surface area contributed by atoms with Gasteiger partial charge in [-0.2, -0.15) is 0 Å². The quantitative estimate of drug-likeness (QED) is 0.596. The van der Waals surface area contributed by atoms with Crippen molar-refractivity contribution in [3.8, 4) is 0 Å². The Hall–Kier alpha value is -2.08. The van der Waals surface area contributed by atoms with E-state index in [9.17, 15) is 14.9 Å². The summed E-state index contributed by atoms with van der Waals surface area (Å²) < 4.78 is 10.5. The average Bonchev–Trinajstić information content (AvgIpc) is 2.78. The van der Waals surface area contributed by atoms with Crippen molar-refractivity contribution in [3.05, 3.63) is 56.5 Å². The van der Waals surface area contributed by atoms with Crippen LogP contribution in [0.4, 0.5) is 0 Å². The number of rotatable bonds is 6. The highest BCUT2D eigenvalue weighted by atomic mass is 35.5. The summed E-state index contributed by atoms with van der Waals surface area (Å²) in [6.45, 7) is 1.43. The molecule has 0 saturated heterocycles. The molecule has 1 aromatic carbocycles. The third-order valence-electron chi connectivity index (χ3n) is 3.09. The maximum atomic E-state index is 12.0. The van der Waals surface area contributed by atoms with Crippen molar-refractivity contribution in [2.45, 2.75) is 12.8 Å². The third kappa shape index (κ3) is 3.33. The van der Waals surface area contributed by atoms with Crippen molar-refractivity contribution >= 4 is 17.4 Å². The van der Waals surface area contributed by atoms with Crippen LogP contribution in [0.2, 0.25) is 5.02 Å². The van der Waals surface area contributed by atoms with Crippen LogP contribution in [0.25, 0.3) is 0 Å². The van der Waals surface area contributed by atoms with E-state index in [2.05, 4.69) is 0 Å². The van der Waals surface area contributed by atoms with E-state index >= 15 is 0 Å². The van der Waals surface area contributed by atoms with Crippen LogP contribution in [-0.4, -0.2) is 30.5 Å². The molecule has 1 aromatic rings. The summed E-state index contributed by atoms with van der Waals surface area (Å²) in [7, 11) is 0. The van der Waals surface area contributed by atoms with E-state index in [4.69, 9.17) is 21.1 Å². The average molecular weight is 312 g/mol. The Morgan fingerprint density at radius 2 is 2.19 bits per heavy atom. The highest BCUT2D eigenvalue weighted by Gasteiger charge is 2.37. The van der Waals surface area contributed by atoms with Gasteiger partial charge in [-0.3, -0.25) is 14.9 Å². The van der Waals surface area contributed by atoms with Crippen molar-refractivity contribution < 1.29 is 19.2 Å². The predicted molar refractivity (Wildman–Crippen MR) is 75.7 cm³/mol. The Morgan fingerprint density at radius 3 is 2.81 bits per heavy atom. The molecule has 6 nitrogen and oxygen atoms in total. The summed E-state index contributed by atoms with van der Waals surface area (Å²) in [6.07, 6.45) is 0. The zero-order chi connectivity index (χ0) is 15.4. The molecule has 1 aliphatic heterocycles. The number of halogens is 1. The minimum Gasteiger partial charge on any atom is -0.465 e. The second kappa shape index (κ2) is 6.58. The molecule has 1 heterocycles. The number of nitrogens with zero attached hydrogens (tertiary/aromatic N) is 1. The molecule has 0 spiro atoms. The van der Waals surface area contributed by atoms with Gasteiger partial charge >= 0.3 is 0 Å². The van der Waals surface area contributed by atoms with E-state index in [-0.39, 0.29) is 23.9 Å². The molecular formula is C14H14ClNO5. The summed E-state index contributed by atoms with van der Waals surface area (Å²) in [6, 6.07) is 6.74. The number of hydrogen-bond donors (Lipinski definition) is 0. The molecule has 0 amide bonds. The molecule has 0 bridgehead atoms.